The minimum atomic E-state index is -0.155. The zero-order valence-corrected chi connectivity index (χ0v) is 18.3. The molecule has 3 heterocycles. The molecule has 0 fully saturated rings. The van der Waals surface area contributed by atoms with Crippen molar-refractivity contribution in [2.45, 2.75) is 25.1 Å². The lowest BCUT2D eigenvalue weighted by Gasteiger charge is -2.08. The van der Waals surface area contributed by atoms with Crippen molar-refractivity contribution in [1.82, 2.24) is 24.7 Å². The third kappa shape index (κ3) is 4.58. The van der Waals surface area contributed by atoms with E-state index in [2.05, 4.69) is 25.4 Å². The highest BCUT2D eigenvalue weighted by Gasteiger charge is 2.15. The van der Waals surface area contributed by atoms with Crippen LogP contribution in [0.4, 0.5) is 5.82 Å². The van der Waals surface area contributed by atoms with Gasteiger partial charge in [-0.15, -0.1) is 11.3 Å². The second-order valence-corrected chi connectivity index (χ2v) is 9.15. The van der Waals surface area contributed by atoms with E-state index in [-0.39, 0.29) is 11.7 Å². The van der Waals surface area contributed by atoms with Gasteiger partial charge in [-0.2, -0.15) is 9.78 Å². The summed E-state index contributed by atoms with van der Waals surface area (Å²) in [5.74, 6) is 1.04. The predicted molar refractivity (Wildman–Crippen MR) is 117 cm³/mol. The molecule has 4 aromatic rings. The van der Waals surface area contributed by atoms with E-state index in [0.717, 1.165) is 31.6 Å². The molecule has 1 aromatic carbocycles. The number of carbonyl (C=O) groups is 1. The maximum atomic E-state index is 12.5. The van der Waals surface area contributed by atoms with Crippen LogP contribution in [0.2, 0.25) is 5.02 Å². The SMILES string of the molecule is Cc1cc(C)nc(-n2nc(C)cc2NC(=O)CSc2nc3cc(Cl)ccc3s2)n1. The van der Waals surface area contributed by atoms with Gasteiger partial charge in [0.25, 0.3) is 5.95 Å². The molecule has 0 bridgehead atoms. The molecule has 0 atom stereocenters. The number of anilines is 1. The van der Waals surface area contributed by atoms with E-state index in [0.29, 0.717) is 16.8 Å². The van der Waals surface area contributed by atoms with E-state index in [1.54, 1.807) is 10.7 Å². The number of rotatable bonds is 5. The maximum absolute atomic E-state index is 12.5. The number of nitrogens with zero attached hydrogens (tertiary/aromatic N) is 5. The van der Waals surface area contributed by atoms with Crippen LogP contribution in [0.25, 0.3) is 16.2 Å². The summed E-state index contributed by atoms with van der Waals surface area (Å²) in [4.78, 5) is 25.9. The number of benzene rings is 1. The fourth-order valence-electron chi connectivity index (χ4n) is 2.79. The average Bonchev–Trinajstić information content (AvgIpc) is 3.21. The van der Waals surface area contributed by atoms with Crippen molar-refractivity contribution in [3.8, 4) is 5.95 Å². The highest BCUT2D eigenvalue weighted by molar-refractivity contribution is 8.01. The van der Waals surface area contributed by atoms with Crippen LogP contribution in [0.15, 0.2) is 34.7 Å². The Labute approximate surface area is 180 Å². The lowest BCUT2D eigenvalue weighted by molar-refractivity contribution is -0.113. The van der Waals surface area contributed by atoms with Crippen molar-refractivity contribution >= 4 is 56.6 Å². The van der Waals surface area contributed by atoms with E-state index < -0.39 is 0 Å². The molecule has 148 valence electrons. The minimum Gasteiger partial charge on any atom is -0.310 e. The Hall–Kier alpha value is -2.49. The first-order valence-electron chi connectivity index (χ1n) is 8.75. The standard InChI is InChI=1S/C19H17ClN6OS2/c1-10-6-11(2)22-18(21-10)26-16(7-12(3)25-26)24-17(27)9-28-19-23-14-8-13(20)4-5-15(14)29-19/h4-8H,9H2,1-3H3,(H,24,27). The van der Waals surface area contributed by atoms with Crippen molar-refractivity contribution < 1.29 is 4.79 Å². The van der Waals surface area contributed by atoms with Gasteiger partial charge in [0.1, 0.15) is 5.82 Å². The maximum Gasteiger partial charge on any atom is 0.252 e. The van der Waals surface area contributed by atoms with Crippen LogP contribution in [0.1, 0.15) is 17.1 Å². The van der Waals surface area contributed by atoms with Gasteiger partial charge in [0.05, 0.1) is 21.7 Å². The van der Waals surface area contributed by atoms with E-state index >= 15 is 0 Å². The van der Waals surface area contributed by atoms with Crippen molar-refractivity contribution in [3.05, 3.63) is 52.4 Å². The van der Waals surface area contributed by atoms with Gasteiger partial charge in [0, 0.05) is 22.5 Å². The minimum absolute atomic E-state index is 0.155. The number of thiazole rings is 1. The zero-order chi connectivity index (χ0) is 20.5. The lowest BCUT2D eigenvalue weighted by Crippen LogP contribution is -2.18. The fraction of sp³-hybridized carbons (Fsp3) is 0.211. The molecule has 0 radical (unpaired) electrons. The number of carbonyl (C=O) groups excluding carboxylic acids is 1. The first-order valence-corrected chi connectivity index (χ1v) is 10.9. The average molecular weight is 445 g/mol. The Morgan fingerprint density at radius 3 is 2.62 bits per heavy atom. The Kier molecular flexibility index (Phi) is 5.53. The Bertz CT molecular complexity index is 1200. The fourth-order valence-corrected chi connectivity index (χ4v) is 4.81. The van der Waals surface area contributed by atoms with E-state index in [4.69, 9.17) is 11.6 Å². The van der Waals surface area contributed by atoms with Gasteiger partial charge in [-0.05, 0) is 45.0 Å². The van der Waals surface area contributed by atoms with Crippen molar-refractivity contribution in [1.29, 1.82) is 0 Å². The molecule has 3 aromatic heterocycles. The number of aromatic nitrogens is 5. The molecule has 0 saturated heterocycles. The number of hydrogen-bond acceptors (Lipinski definition) is 7. The molecule has 1 N–H and O–H groups in total. The molecule has 0 aliphatic heterocycles. The molecule has 7 nitrogen and oxygen atoms in total. The highest BCUT2D eigenvalue weighted by atomic mass is 35.5. The molecular weight excluding hydrogens is 428 g/mol. The third-order valence-electron chi connectivity index (χ3n) is 3.92. The summed E-state index contributed by atoms with van der Waals surface area (Å²) in [7, 11) is 0. The van der Waals surface area contributed by atoms with Crippen LogP contribution in [-0.2, 0) is 4.79 Å². The quantitative estimate of drug-likeness (QED) is 0.453. The molecule has 0 spiro atoms. The van der Waals surface area contributed by atoms with Crippen LogP contribution in [0, 0.1) is 20.8 Å². The number of amides is 1. The summed E-state index contributed by atoms with van der Waals surface area (Å²) in [6.07, 6.45) is 0. The summed E-state index contributed by atoms with van der Waals surface area (Å²) < 4.78 is 3.41. The topological polar surface area (TPSA) is 85.6 Å². The van der Waals surface area contributed by atoms with Gasteiger partial charge < -0.3 is 5.32 Å². The molecular formula is C19H17ClN6OS2. The largest absolute Gasteiger partial charge is 0.310 e. The molecule has 0 aliphatic rings. The van der Waals surface area contributed by atoms with Gasteiger partial charge in [0.2, 0.25) is 5.91 Å². The third-order valence-corrected chi connectivity index (χ3v) is 6.33. The van der Waals surface area contributed by atoms with Crippen LogP contribution in [0.5, 0.6) is 0 Å². The lowest BCUT2D eigenvalue weighted by atomic mass is 10.3. The number of fused-ring (bicyclic) bond motifs is 1. The Morgan fingerprint density at radius 1 is 1.10 bits per heavy atom. The van der Waals surface area contributed by atoms with Crippen molar-refractivity contribution in [2.75, 3.05) is 11.1 Å². The molecule has 1 amide bonds. The Morgan fingerprint density at radius 2 is 1.86 bits per heavy atom. The van der Waals surface area contributed by atoms with E-state index in [1.165, 1.54) is 23.1 Å². The van der Waals surface area contributed by atoms with Crippen molar-refractivity contribution in [2.24, 2.45) is 0 Å². The molecule has 0 saturated carbocycles. The number of nitrogens with one attached hydrogen (secondary N) is 1. The number of aryl methyl sites for hydroxylation is 3. The van der Waals surface area contributed by atoms with Gasteiger partial charge in [-0.25, -0.2) is 15.0 Å². The summed E-state index contributed by atoms with van der Waals surface area (Å²) in [5.41, 5.74) is 3.28. The van der Waals surface area contributed by atoms with E-state index in [1.807, 2.05) is 45.0 Å². The van der Waals surface area contributed by atoms with Crippen molar-refractivity contribution in [3.63, 3.8) is 0 Å². The first kappa shape index (κ1) is 19.8. The normalized spacial score (nSPS) is 11.2. The molecule has 0 unspecified atom stereocenters. The summed E-state index contributed by atoms with van der Waals surface area (Å²) >= 11 is 8.93. The molecule has 10 heteroatoms. The summed E-state index contributed by atoms with van der Waals surface area (Å²) in [6.45, 7) is 5.65. The van der Waals surface area contributed by atoms with Crippen LogP contribution in [0.3, 0.4) is 0 Å². The van der Waals surface area contributed by atoms with Crippen LogP contribution >= 0.6 is 34.7 Å². The van der Waals surface area contributed by atoms with Gasteiger partial charge in [-0.1, -0.05) is 23.4 Å². The number of thioether (sulfide) groups is 1. The Balaban J connectivity index is 1.48. The second kappa shape index (κ2) is 8.10. The summed E-state index contributed by atoms with van der Waals surface area (Å²) in [5, 5.41) is 7.96. The van der Waals surface area contributed by atoms with Gasteiger partial charge >= 0.3 is 0 Å². The van der Waals surface area contributed by atoms with Crippen LogP contribution in [-0.4, -0.2) is 36.4 Å². The van der Waals surface area contributed by atoms with E-state index in [9.17, 15) is 4.79 Å². The number of hydrogen-bond donors (Lipinski definition) is 1. The smallest absolute Gasteiger partial charge is 0.252 e. The second-order valence-electron chi connectivity index (χ2n) is 6.46. The monoisotopic (exact) mass is 444 g/mol. The first-order chi connectivity index (χ1) is 13.9. The van der Waals surface area contributed by atoms with Gasteiger partial charge in [-0.3, -0.25) is 4.79 Å². The number of halogens is 1. The van der Waals surface area contributed by atoms with Gasteiger partial charge in [0.15, 0.2) is 4.34 Å². The summed E-state index contributed by atoms with van der Waals surface area (Å²) in [6, 6.07) is 9.28. The molecule has 0 aliphatic carbocycles. The molecule has 29 heavy (non-hydrogen) atoms. The molecule has 4 rings (SSSR count). The van der Waals surface area contributed by atoms with Crippen LogP contribution < -0.4 is 5.32 Å². The predicted octanol–water partition coefficient (Wildman–Crippen LogP) is 4.58. The highest BCUT2D eigenvalue weighted by Crippen LogP contribution is 2.31. The zero-order valence-electron chi connectivity index (χ0n) is 15.9.